The van der Waals surface area contributed by atoms with E-state index in [0.29, 0.717) is 6.54 Å². The molecular weight excluding hydrogens is 202 g/mol. The maximum Gasteiger partial charge on any atom is 0.217 e. The SMILES string of the molecule is CC(=O)NCC#Cc1cc(CO)ccc1C. The minimum Gasteiger partial charge on any atom is -0.392 e. The number of amides is 1. The lowest BCUT2D eigenvalue weighted by Gasteiger charge is -2.01. The van der Waals surface area contributed by atoms with Crippen LogP contribution in [0, 0.1) is 18.8 Å². The standard InChI is InChI=1S/C13H15NO2/c1-10-5-6-12(9-15)8-13(10)4-3-7-14-11(2)16/h5-6,8,15H,7,9H2,1-2H3,(H,14,16). The Morgan fingerprint density at radius 1 is 1.50 bits per heavy atom. The number of aliphatic hydroxyl groups is 1. The summed E-state index contributed by atoms with van der Waals surface area (Å²) in [5.74, 6) is 5.74. The van der Waals surface area contributed by atoms with Crippen LogP contribution in [-0.4, -0.2) is 17.6 Å². The molecule has 0 aliphatic rings. The number of hydrogen-bond acceptors (Lipinski definition) is 2. The van der Waals surface area contributed by atoms with Gasteiger partial charge in [-0.15, -0.1) is 0 Å². The highest BCUT2D eigenvalue weighted by Gasteiger charge is 1.96. The van der Waals surface area contributed by atoms with Gasteiger partial charge >= 0.3 is 0 Å². The van der Waals surface area contributed by atoms with E-state index in [2.05, 4.69) is 17.2 Å². The maximum atomic E-state index is 10.6. The molecule has 0 saturated heterocycles. The van der Waals surface area contributed by atoms with Crippen LogP contribution < -0.4 is 5.32 Å². The van der Waals surface area contributed by atoms with Gasteiger partial charge in [0.05, 0.1) is 13.2 Å². The number of carbonyl (C=O) groups excluding carboxylic acids is 1. The molecule has 1 rings (SSSR count). The second-order valence-electron chi connectivity index (χ2n) is 3.52. The molecule has 0 saturated carbocycles. The molecular formula is C13H15NO2. The van der Waals surface area contributed by atoms with Crippen LogP contribution in [0.25, 0.3) is 0 Å². The Bertz CT molecular complexity index is 441. The van der Waals surface area contributed by atoms with E-state index in [4.69, 9.17) is 5.11 Å². The highest BCUT2D eigenvalue weighted by Crippen LogP contribution is 2.09. The second kappa shape index (κ2) is 5.94. The summed E-state index contributed by atoms with van der Waals surface area (Å²) >= 11 is 0. The molecule has 3 heteroatoms. The molecule has 0 radical (unpaired) electrons. The second-order valence-corrected chi connectivity index (χ2v) is 3.52. The van der Waals surface area contributed by atoms with E-state index in [1.807, 2.05) is 25.1 Å². The summed E-state index contributed by atoms with van der Waals surface area (Å²) in [5, 5.41) is 11.6. The van der Waals surface area contributed by atoms with Crippen molar-refractivity contribution < 1.29 is 9.90 Å². The lowest BCUT2D eigenvalue weighted by molar-refractivity contribution is -0.118. The third-order valence-electron chi connectivity index (χ3n) is 2.13. The molecule has 0 bridgehead atoms. The van der Waals surface area contributed by atoms with Crippen molar-refractivity contribution in [3.8, 4) is 11.8 Å². The van der Waals surface area contributed by atoms with Gasteiger partial charge in [-0.25, -0.2) is 0 Å². The quantitative estimate of drug-likeness (QED) is 0.725. The molecule has 16 heavy (non-hydrogen) atoms. The minimum absolute atomic E-state index is 0.0145. The number of rotatable bonds is 2. The van der Waals surface area contributed by atoms with E-state index in [-0.39, 0.29) is 12.5 Å². The Balaban J connectivity index is 2.75. The number of aryl methyl sites for hydroxylation is 1. The van der Waals surface area contributed by atoms with E-state index < -0.39 is 0 Å². The first-order valence-electron chi connectivity index (χ1n) is 5.07. The first-order valence-corrected chi connectivity index (χ1v) is 5.07. The summed E-state index contributed by atoms with van der Waals surface area (Å²) in [6.07, 6.45) is 0. The average molecular weight is 217 g/mol. The van der Waals surface area contributed by atoms with Crippen LogP contribution >= 0.6 is 0 Å². The van der Waals surface area contributed by atoms with Crippen molar-refractivity contribution in [2.45, 2.75) is 20.5 Å². The van der Waals surface area contributed by atoms with Crippen LogP contribution in [0.15, 0.2) is 18.2 Å². The topological polar surface area (TPSA) is 49.3 Å². The van der Waals surface area contributed by atoms with Crippen LogP contribution in [0.5, 0.6) is 0 Å². The average Bonchev–Trinajstić information content (AvgIpc) is 2.26. The molecule has 1 amide bonds. The molecule has 0 aliphatic heterocycles. The van der Waals surface area contributed by atoms with Crippen LogP contribution in [-0.2, 0) is 11.4 Å². The van der Waals surface area contributed by atoms with Gasteiger partial charge in [-0.3, -0.25) is 4.79 Å². The Hall–Kier alpha value is -1.79. The molecule has 0 aromatic heterocycles. The Morgan fingerprint density at radius 3 is 2.88 bits per heavy atom. The summed E-state index contributed by atoms with van der Waals surface area (Å²) in [4.78, 5) is 10.6. The summed E-state index contributed by atoms with van der Waals surface area (Å²) < 4.78 is 0. The monoisotopic (exact) mass is 217 g/mol. The zero-order valence-electron chi connectivity index (χ0n) is 9.50. The molecule has 84 valence electrons. The molecule has 0 fully saturated rings. The fourth-order valence-corrected chi connectivity index (χ4v) is 1.21. The molecule has 0 heterocycles. The van der Waals surface area contributed by atoms with Gasteiger partial charge in [0.15, 0.2) is 0 Å². The largest absolute Gasteiger partial charge is 0.392 e. The Kier molecular flexibility index (Phi) is 4.56. The molecule has 0 atom stereocenters. The van der Waals surface area contributed by atoms with E-state index in [1.165, 1.54) is 6.92 Å². The van der Waals surface area contributed by atoms with Crippen molar-refractivity contribution in [1.82, 2.24) is 5.32 Å². The molecule has 0 aliphatic carbocycles. The number of nitrogens with one attached hydrogen (secondary N) is 1. The van der Waals surface area contributed by atoms with E-state index in [1.54, 1.807) is 0 Å². The van der Waals surface area contributed by atoms with Gasteiger partial charge in [0.1, 0.15) is 0 Å². The number of hydrogen-bond donors (Lipinski definition) is 2. The zero-order valence-corrected chi connectivity index (χ0v) is 9.50. The van der Waals surface area contributed by atoms with Crippen molar-refractivity contribution in [1.29, 1.82) is 0 Å². The summed E-state index contributed by atoms with van der Waals surface area (Å²) in [7, 11) is 0. The van der Waals surface area contributed by atoms with Crippen LogP contribution in [0.4, 0.5) is 0 Å². The van der Waals surface area contributed by atoms with Gasteiger partial charge in [-0.1, -0.05) is 24.0 Å². The number of carbonyl (C=O) groups is 1. The van der Waals surface area contributed by atoms with Gasteiger partial charge in [-0.2, -0.15) is 0 Å². The maximum absolute atomic E-state index is 10.6. The fourth-order valence-electron chi connectivity index (χ4n) is 1.21. The number of benzene rings is 1. The van der Waals surface area contributed by atoms with Gasteiger partial charge in [0, 0.05) is 12.5 Å². The van der Waals surface area contributed by atoms with Crippen LogP contribution in [0.3, 0.4) is 0 Å². The van der Waals surface area contributed by atoms with Crippen LogP contribution in [0.2, 0.25) is 0 Å². The predicted octanol–water partition coefficient (Wildman–Crippen LogP) is 0.975. The van der Waals surface area contributed by atoms with Crippen molar-refractivity contribution in [2.24, 2.45) is 0 Å². The van der Waals surface area contributed by atoms with Gasteiger partial charge in [-0.05, 0) is 24.1 Å². The Morgan fingerprint density at radius 2 is 2.25 bits per heavy atom. The molecule has 2 N–H and O–H groups in total. The first kappa shape index (κ1) is 12.3. The molecule has 1 aromatic rings. The van der Waals surface area contributed by atoms with Crippen molar-refractivity contribution in [3.05, 3.63) is 34.9 Å². The van der Waals surface area contributed by atoms with Crippen molar-refractivity contribution >= 4 is 5.91 Å². The fraction of sp³-hybridized carbons (Fsp3) is 0.308. The van der Waals surface area contributed by atoms with E-state index >= 15 is 0 Å². The molecule has 0 spiro atoms. The lowest BCUT2D eigenvalue weighted by atomic mass is 10.1. The van der Waals surface area contributed by atoms with Crippen LogP contribution in [0.1, 0.15) is 23.6 Å². The zero-order chi connectivity index (χ0) is 12.0. The van der Waals surface area contributed by atoms with Crippen molar-refractivity contribution in [3.63, 3.8) is 0 Å². The number of aliphatic hydroxyl groups excluding tert-OH is 1. The summed E-state index contributed by atoms with van der Waals surface area (Å²) in [6, 6.07) is 5.65. The van der Waals surface area contributed by atoms with Gasteiger partial charge < -0.3 is 10.4 Å². The molecule has 0 unspecified atom stereocenters. The highest BCUT2D eigenvalue weighted by molar-refractivity contribution is 5.73. The predicted molar refractivity (Wildman–Crippen MR) is 62.7 cm³/mol. The third-order valence-corrected chi connectivity index (χ3v) is 2.13. The highest BCUT2D eigenvalue weighted by atomic mass is 16.3. The smallest absolute Gasteiger partial charge is 0.217 e. The lowest BCUT2D eigenvalue weighted by Crippen LogP contribution is -2.19. The third kappa shape index (κ3) is 3.76. The van der Waals surface area contributed by atoms with Crippen molar-refractivity contribution in [2.75, 3.05) is 6.54 Å². The summed E-state index contributed by atoms with van der Waals surface area (Å²) in [6.45, 7) is 3.78. The first-order chi connectivity index (χ1) is 7.63. The van der Waals surface area contributed by atoms with E-state index in [0.717, 1.165) is 16.7 Å². The Labute approximate surface area is 95.5 Å². The van der Waals surface area contributed by atoms with Gasteiger partial charge in [0.2, 0.25) is 5.91 Å². The normalized spacial score (nSPS) is 9.19. The summed E-state index contributed by atoms with van der Waals surface area (Å²) in [5.41, 5.74) is 2.79. The minimum atomic E-state index is -0.0878. The van der Waals surface area contributed by atoms with E-state index in [9.17, 15) is 4.79 Å². The molecule has 3 nitrogen and oxygen atoms in total. The molecule has 1 aromatic carbocycles. The van der Waals surface area contributed by atoms with Gasteiger partial charge in [0.25, 0.3) is 0 Å².